The molecule has 1 aromatic rings. The number of allylic oxidation sites excluding steroid dienone is 7. The van der Waals surface area contributed by atoms with Crippen LogP contribution in [0.3, 0.4) is 0 Å². The summed E-state index contributed by atoms with van der Waals surface area (Å²) in [5.41, 5.74) is 9.72. The predicted molar refractivity (Wildman–Crippen MR) is 92.4 cm³/mol. The summed E-state index contributed by atoms with van der Waals surface area (Å²) >= 11 is 0. The van der Waals surface area contributed by atoms with Crippen molar-refractivity contribution in [1.82, 2.24) is 0 Å². The Balaban J connectivity index is 2.19. The van der Waals surface area contributed by atoms with Crippen molar-refractivity contribution in [3.8, 4) is 0 Å². The van der Waals surface area contributed by atoms with E-state index in [4.69, 9.17) is 0 Å². The molecule has 0 unspecified atom stereocenters. The Morgan fingerprint density at radius 1 is 1.14 bits per heavy atom. The van der Waals surface area contributed by atoms with Crippen molar-refractivity contribution in [2.75, 3.05) is 0 Å². The summed E-state index contributed by atoms with van der Waals surface area (Å²) in [4.78, 5) is 0. The van der Waals surface area contributed by atoms with Gasteiger partial charge in [-0.2, -0.15) is 0 Å². The third-order valence-electron chi connectivity index (χ3n) is 4.75. The van der Waals surface area contributed by atoms with Gasteiger partial charge in [0.15, 0.2) is 0 Å². The van der Waals surface area contributed by atoms with E-state index >= 15 is 0 Å². The molecule has 0 N–H and O–H groups in total. The SMILES string of the molecule is C=C1C2=C(C=CC(C)(C)C=C2)Cc2c(C)ccc(CC)c21. The Kier molecular flexibility index (Phi) is 3.28. The van der Waals surface area contributed by atoms with Gasteiger partial charge in [0.25, 0.3) is 0 Å². The average Bonchev–Trinajstić information content (AvgIpc) is 2.60. The van der Waals surface area contributed by atoms with Crippen molar-refractivity contribution < 1.29 is 0 Å². The maximum Gasteiger partial charge on any atom is 0.00110 e. The van der Waals surface area contributed by atoms with E-state index in [0.29, 0.717) is 0 Å². The van der Waals surface area contributed by atoms with Crippen molar-refractivity contribution in [2.24, 2.45) is 5.41 Å². The molecule has 0 heteroatoms. The van der Waals surface area contributed by atoms with Crippen LogP contribution in [0.25, 0.3) is 5.57 Å². The zero-order chi connectivity index (χ0) is 15.2. The van der Waals surface area contributed by atoms with E-state index in [-0.39, 0.29) is 5.41 Å². The Morgan fingerprint density at radius 2 is 1.86 bits per heavy atom. The van der Waals surface area contributed by atoms with Crippen molar-refractivity contribution in [3.05, 3.63) is 76.4 Å². The summed E-state index contributed by atoms with van der Waals surface area (Å²) < 4.78 is 0. The molecule has 0 aromatic heterocycles. The third kappa shape index (κ3) is 2.33. The smallest absolute Gasteiger partial charge is 0.00110 e. The van der Waals surface area contributed by atoms with Crippen LogP contribution in [-0.4, -0.2) is 0 Å². The van der Waals surface area contributed by atoms with Crippen LogP contribution < -0.4 is 0 Å². The molecular weight excluding hydrogens is 252 g/mol. The van der Waals surface area contributed by atoms with Gasteiger partial charge in [0, 0.05) is 5.41 Å². The van der Waals surface area contributed by atoms with Gasteiger partial charge in [-0.1, -0.05) is 63.8 Å². The fourth-order valence-corrected chi connectivity index (χ4v) is 3.34. The summed E-state index contributed by atoms with van der Waals surface area (Å²) in [5.74, 6) is 0. The number of fused-ring (bicyclic) bond motifs is 1. The van der Waals surface area contributed by atoms with Gasteiger partial charge < -0.3 is 0 Å². The third-order valence-corrected chi connectivity index (χ3v) is 4.75. The van der Waals surface area contributed by atoms with E-state index in [1.54, 1.807) is 0 Å². The van der Waals surface area contributed by atoms with Crippen LogP contribution in [0.4, 0.5) is 0 Å². The lowest BCUT2D eigenvalue weighted by atomic mass is 9.78. The van der Waals surface area contributed by atoms with Crippen LogP contribution in [0.5, 0.6) is 0 Å². The molecule has 0 radical (unpaired) electrons. The minimum absolute atomic E-state index is 0.117. The van der Waals surface area contributed by atoms with Gasteiger partial charge in [0.2, 0.25) is 0 Å². The molecule has 0 heterocycles. The van der Waals surface area contributed by atoms with Crippen LogP contribution in [0.1, 0.15) is 43.0 Å². The van der Waals surface area contributed by atoms with Crippen molar-refractivity contribution in [1.29, 1.82) is 0 Å². The molecule has 0 fully saturated rings. The number of benzene rings is 1. The molecule has 1 aromatic carbocycles. The van der Waals surface area contributed by atoms with Crippen molar-refractivity contribution >= 4 is 5.57 Å². The topological polar surface area (TPSA) is 0 Å². The Morgan fingerprint density at radius 3 is 2.57 bits per heavy atom. The Hall–Kier alpha value is -1.82. The first-order chi connectivity index (χ1) is 9.93. The molecule has 0 saturated heterocycles. The van der Waals surface area contributed by atoms with E-state index in [9.17, 15) is 0 Å². The summed E-state index contributed by atoms with van der Waals surface area (Å²) in [6, 6.07) is 4.53. The normalized spacial score (nSPS) is 19.3. The van der Waals surface area contributed by atoms with Crippen LogP contribution in [0.15, 0.2) is 54.2 Å². The lowest BCUT2D eigenvalue weighted by Gasteiger charge is -2.26. The lowest BCUT2D eigenvalue weighted by Crippen LogP contribution is -2.10. The second-order valence-electron chi connectivity index (χ2n) is 6.83. The quantitative estimate of drug-likeness (QED) is 0.628. The summed E-state index contributed by atoms with van der Waals surface area (Å²) in [5, 5.41) is 0. The van der Waals surface area contributed by atoms with E-state index in [2.05, 4.69) is 70.7 Å². The number of aryl methyl sites for hydroxylation is 2. The van der Waals surface area contributed by atoms with Crippen LogP contribution in [-0.2, 0) is 12.8 Å². The summed E-state index contributed by atoms with van der Waals surface area (Å²) in [6.07, 6.45) is 11.3. The highest BCUT2D eigenvalue weighted by molar-refractivity contribution is 5.88. The van der Waals surface area contributed by atoms with Crippen LogP contribution in [0.2, 0.25) is 0 Å². The van der Waals surface area contributed by atoms with Gasteiger partial charge >= 0.3 is 0 Å². The van der Waals surface area contributed by atoms with Gasteiger partial charge in [0.1, 0.15) is 0 Å². The molecule has 0 amide bonds. The van der Waals surface area contributed by atoms with Crippen molar-refractivity contribution in [3.63, 3.8) is 0 Å². The molecule has 0 nitrogen and oxygen atoms in total. The average molecular weight is 276 g/mol. The molecule has 2 aliphatic carbocycles. The number of hydrogen-bond donors (Lipinski definition) is 0. The Bertz CT molecular complexity index is 706. The molecule has 21 heavy (non-hydrogen) atoms. The van der Waals surface area contributed by atoms with E-state index in [1.165, 1.54) is 39.0 Å². The number of hydrogen-bond acceptors (Lipinski definition) is 0. The first kappa shape index (κ1) is 14.1. The maximum atomic E-state index is 4.44. The van der Waals surface area contributed by atoms with Crippen LogP contribution >= 0.6 is 0 Å². The molecule has 2 aliphatic rings. The van der Waals surface area contributed by atoms with E-state index < -0.39 is 0 Å². The van der Waals surface area contributed by atoms with Gasteiger partial charge in [0.05, 0.1) is 0 Å². The van der Waals surface area contributed by atoms with E-state index in [1.807, 2.05) is 0 Å². The molecule has 3 rings (SSSR count). The minimum atomic E-state index is 0.117. The fraction of sp³-hybridized carbons (Fsp3) is 0.333. The molecular formula is C21H24. The zero-order valence-corrected chi connectivity index (χ0v) is 13.6. The maximum absolute atomic E-state index is 4.44. The standard InChI is InChI=1S/C21H24/c1-6-16-8-7-14(2)19-13-17-9-11-21(4,5)12-10-18(17)15(3)20(16)19/h7-12H,3,6,13H2,1-2,4-5H3. The highest BCUT2D eigenvalue weighted by atomic mass is 14.3. The minimum Gasteiger partial charge on any atom is -0.0905 e. The highest BCUT2D eigenvalue weighted by Gasteiger charge is 2.24. The number of rotatable bonds is 1. The molecule has 0 atom stereocenters. The van der Waals surface area contributed by atoms with Gasteiger partial charge in [-0.15, -0.1) is 0 Å². The highest BCUT2D eigenvalue weighted by Crippen LogP contribution is 2.41. The summed E-state index contributed by atoms with van der Waals surface area (Å²) in [6.45, 7) is 13.4. The first-order valence-electron chi connectivity index (χ1n) is 7.85. The molecule has 0 spiro atoms. The zero-order valence-electron chi connectivity index (χ0n) is 13.6. The first-order valence-corrected chi connectivity index (χ1v) is 7.85. The largest absolute Gasteiger partial charge is 0.0905 e. The lowest BCUT2D eigenvalue weighted by molar-refractivity contribution is 0.626. The van der Waals surface area contributed by atoms with Crippen LogP contribution in [0, 0.1) is 12.3 Å². The second kappa shape index (κ2) is 4.87. The van der Waals surface area contributed by atoms with E-state index in [0.717, 1.165) is 12.8 Å². The molecule has 0 saturated carbocycles. The van der Waals surface area contributed by atoms with Crippen molar-refractivity contribution in [2.45, 2.75) is 40.5 Å². The van der Waals surface area contributed by atoms with Gasteiger partial charge in [-0.05, 0) is 58.7 Å². The van der Waals surface area contributed by atoms with Gasteiger partial charge in [-0.25, -0.2) is 0 Å². The molecule has 0 bridgehead atoms. The monoisotopic (exact) mass is 276 g/mol. The second-order valence-corrected chi connectivity index (χ2v) is 6.83. The molecule has 108 valence electrons. The predicted octanol–water partition coefficient (Wildman–Crippen LogP) is 5.58. The molecule has 0 aliphatic heterocycles. The Labute approximate surface area is 128 Å². The fourth-order valence-electron chi connectivity index (χ4n) is 3.34. The summed E-state index contributed by atoms with van der Waals surface area (Å²) in [7, 11) is 0. The van der Waals surface area contributed by atoms with Gasteiger partial charge in [-0.3, -0.25) is 0 Å².